The van der Waals surface area contributed by atoms with Crippen LogP contribution in [-0.2, 0) is 21.7 Å². The van der Waals surface area contributed by atoms with Gasteiger partial charge in [0.15, 0.2) is 0 Å². The number of hydrogen-bond acceptors (Lipinski definition) is 6. The van der Waals surface area contributed by atoms with E-state index in [2.05, 4.69) is 0 Å². The van der Waals surface area contributed by atoms with Crippen molar-refractivity contribution in [2.24, 2.45) is 0 Å². The van der Waals surface area contributed by atoms with Gasteiger partial charge in [-0.2, -0.15) is 0 Å². The van der Waals surface area contributed by atoms with Crippen molar-refractivity contribution in [2.75, 3.05) is 5.08 Å². The summed E-state index contributed by atoms with van der Waals surface area (Å²) in [5, 5.41) is 44.8. The average molecular weight is 521 g/mol. The van der Waals surface area contributed by atoms with E-state index >= 15 is 0 Å². The second-order valence-electron chi connectivity index (χ2n) is 13.4. The fraction of sp³-hybridized carbons (Fsp3) is 0.586. The minimum absolute atomic E-state index is 0.0841. The monoisotopic (exact) mass is 520 g/mol. The molecule has 2 rings (SSSR count). The quantitative estimate of drug-likeness (QED) is 0.239. The Bertz CT molecular complexity index is 929. The second kappa shape index (κ2) is 9.66. The molecule has 0 aromatic heterocycles. The van der Waals surface area contributed by atoms with Crippen LogP contribution in [0.5, 0.6) is 23.0 Å². The Morgan fingerprint density at radius 3 is 0.829 bits per heavy atom. The SMILES string of the molecule is CC(C)(C)c1cc(C(C)(C)C)c(O)c(SCSc2c(O)c(C(C)(C)C)cc(C(C)(C)C)c2O)c1O. The number of phenols is 4. The van der Waals surface area contributed by atoms with Gasteiger partial charge in [0.1, 0.15) is 23.0 Å². The first kappa shape index (κ1) is 29.6. The Balaban J connectivity index is 2.57. The van der Waals surface area contributed by atoms with E-state index in [4.69, 9.17) is 0 Å². The molecule has 0 saturated heterocycles. The van der Waals surface area contributed by atoms with Crippen LogP contribution in [0.1, 0.15) is 105 Å². The number of hydrogen-bond donors (Lipinski definition) is 4. The molecule has 0 heterocycles. The van der Waals surface area contributed by atoms with E-state index in [1.165, 1.54) is 23.5 Å². The molecule has 6 heteroatoms. The third-order valence-corrected chi connectivity index (χ3v) is 8.39. The summed E-state index contributed by atoms with van der Waals surface area (Å²) >= 11 is 2.63. The van der Waals surface area contributed by atoms with Gasteiger partial charge in [0.2, 0.25) is 0 Å². The Morgan fingerprint density at radius 1 is 0.457 bits per heavy atom. The van der Waals surface area contributed by atoms with Gasteiger partial charge in [-0.3, -0.25) is 0 Å². The van der Waals surface area contributed by atoms with E-state index in [0.717, 1.165) is 22.3 Å². The normalized spacial score (nSPS) is 13.4. The molecule has 0 radical (unpaired) electrons. The lowest BCUT2D eigenvalue weighted by atomic mass is 9.79. The summed E-state index contributed by atoms with van der Waals surface area (Å²) < 4.78 is 0. The zero-order valence-corrected chi connectivity index (χ0v) is 25.1. The van der Waals surface area contributed by atoms with E-state index in [1.807, 2.05) is 95.2 Å². The minimum atomic E-state index is -0.306. The van der Waals surface area contributed by atoms with Crippen molar-refractivity contribution in [1.82, 2.24) is 0 Å². The molecular formula is C29H44O4S2. The Labute approximate surface area is 220 Å². The maximum absolute atomic E-state index is 11.1. The van der Waals surface area contributed by atoms with Crippen LogP contribution in [0.3, 0.4) is 0 Å². The molecule has 0 aliphatic rings. The van der Waals surface area contributed by atoms with Crippen LogP contribution in [-0.4, -0.2) is 25.5 Å². The van der Waals surface area contributed by atoms with E-state index in [1.54, 1.807) is 0 Å². The largest absolute Gasteiger partial charge is 0.506 e. The van der Waals surface area contributed by atoms with Gasteiger partial charge in [0.05, 0.1) is 9.79 Å². The fourth-order valence-corrected chi connectivity index (χ4v) is 6.15. The number of thioether (sulfide) groups is 2. The van der Waals surface area contributed by atoms with Gasteiger partial charge in [-0.1, -0.05) is 83.1 Å². The molecule has 0 atom stereocenters. The number of benzene rings is 2. The molecule has 2 aromatic carbocycles. The van der Waals surface area contributed by atoms with Gasteiger partial charge in [-0.05, 0) is 33.8 Å². The van der Waals surface area contributed by atoms with Crippen molar-refractivity contribution >= 4 is 23.5 Å². The lowest BCUT2D eigenvalue weighted by Crippen LogP contribution is -2.17. The molecule has 35 heavy (non-hydrogen) atoms. The van der Waals surface area contributed by atoms with Gasteiger partial charge >= 0.3 is 0 Å². The van der Waals surface area contributed by atoms with Crippen LogP contribution >= 0.6 is 23.5 Å². The number of rotatable bonds is 4. The highest BCUT2D eigenvalue weighted by molar-refractivity contribution is 8.16. The van der Waals surface area contributed by atoms with E-state index < -0.39 is 0 Å². The zero-order chi connectivity index (χ0) is 27.3. The van der Waals surface area contributed by atoms with Gasteiger partial charge in [-0.15, -0.1) is 23.5 Å². The molecule has 0 aliphatic heterocycles. The smallest absolute Gasteiger partial charge is 0.136 e. The number of aromatic hydroxyl groups is 4. The molecular weight excluding hydrogens is 476 g/mol. The third-order valence-electron chi connectivity index (χ3n) is 6.10. The van der Waals surface area contributed by atoms with E-state index in [-0.39, 0.29) is 44.7 Å². The first-order valence-corrected chi connectivity index (χ1v) is 14.0. The van der Waals surface area contributed by atoms with Crippen molar-refractivity contribution in [1.29, 1.82) is 0 Å². The van der Waals surface area contributed by atoms with Crippen LogP contribution in [0.25, 0.3) is 0 Å². The lowest BCUT2D eigenvalue weighted by molar-refractivity contribution is 0.396. The molecule has 0 amide bonds. The summed E-state index contributed by atoms with van der Waals surface area (Å²) in [5.74, 6) is 0.337. The zero-order valence-electron chi connectivity index (χ0n) is 23.5. The highest BCUT2D eigenvalue weighted by Gasteiger charge is 2.31. The maximum Gasteiger partial charge on any atom is 0.136 e. The fourth-order valence-electron chi connectivity index (χ4n) is 3.98. The molecule has 2 aromatic rings. The first-order valence-electron chi connectivity index (χ1n) is 12.0. The Hall–Kier alpha value is -1.66. The molecule has 4 N–H and O–H groups in total. The minimum Gasteiger partial charge on any atom is -0.506 e. The highest BCUT2D eigenvalue weighted by Crippen LogP contribution is 2.52. The van der Waals surface area contributed by atoms with Crippen molar-refractivity contribution in [3.8, 4) is 23.0 Å². The molecule has 196 valence electrons. The molecule has 0 aliphatic carbocycles. The molecule has 0 unspecified atom stereocenters. The lowest BCUT2D eigenvalue weighted by Gasteiger charge is -2.29. The van der Waals surface area contributed by atoms with Crippen LogP contribution in [0, 0.1) is 0 Å². The third kappa shape index (κ3) is 6.37. The number of phenolic OH excluding ortho intramolecular Hbond substituents is 4. The summed E-state index contributed by atoms with van der Waals surface area (Å²) in [6.45, 7) is 24.5. The van der Waals surface area contributed by atoms with Crippen LogP contribution in [0.15, 0.2) is 21.9 Å². The van der Waals surface area contributed by atoms with E-state index in [9.17, 15) is 20.4 Å². The van der Waals surface area contributed by atoms with Gasteiger partial charge < -0.3 is 20.4 Å². The predicted molar refractivity (Wildman–Crippen MR) is 151 cm³/mol. The average Bonchev–Trinajstić information content (AvgIpc) is 2.62. The van der Waals surface area contributed by atoms with Crippen molar-refractivity contribution in [2.45, 2.75) is 115 Å². The van der Waals surface area contributed by atoms with Crippen LogP contribution < -0.4 is 0 Å². The summed E-state index contributed by atoms with van der Waals surface area (Å²) in [6, 6.07) is 3.81. The van der Waals surface area contributed by atoms with Crippen LogP contribution in [0.2, 0.25) is 0 Å². The topological polar surface area (TPSA) is 80.9 Å². The molecule has 4 nitrogen and oxygen atoms in total. The predicted octanol–water partition coefficient (Wildman–Crippen LogP) is 8.54. The van der Waals surface area contributed by atoms with Crippen LogP contribution in [0.4, 0.5) is 0 Å². The molecule has 0 saturated carbocycles. The first-order chi connectivity index (χ1) is 15.6. The molecule has 0 fully saturated rings. The Kier molecular flexibility index (Phi) is 8.16. The van der Waals surface area contributed by atoms with Crippen molar-refractivity contribution in [3.63, 3.8) is 0 Å². The van der Waals surface area contributed by atoms with Crippen molar-refractivity contribution in [3.05, 3.63) is 34.4 Å². The Morgan fingerprint density at radius 2 is 0.657 bits per heavy atom. The standard InChI is InChI=1S/C29H44O4S2/c1-26(2,3)16-13-17(27(4,5)6)21(31)24(20(16)30)34-15-35-25-22(32)18(28(7,8)9)14-19(23(25)33)29(10,11)12/h13-14,30-33H,15H2,1-12H3. The highest BCUT2D eigenvalue weighted by atomic mass is 32.2. The van der Waals surface area contributed by atoms with Crippen molar-refractivity contribution < 1.29 is 20.4 Å². The summed E-state index contributed by atoms with van der Waals surface area (Å²) in [5.41, 5.74) is 1.90. The summed E-state index contributed by atoms with van der Waals surface area (Å²) in [4.78, 5) is 0.855. The summed E-state index contributed by atoms with van der Waals surface area (Å²) in [7, 11) is 0. The van der Waals surface area contributed by atoms with E-state index in [0.29, 0.717) is 14.9 Å². The van der Waals surface area contributed by atoms with Gasteiger partial charge in [0.25, 0.3) is 0 Å². The molecule has 0 spiro atoms. The van der Waals surface area contributed by atoms with Gasteiger partial charge in [-0.25, -0.2) is 0 Å². The second-order valence-corrected chi connectivity index (χ2v) is 15.7. The maximum atomic E-state index is 11.1. The van der Waals surface area contributed by atoms with Gasteiger partial charge in [0, 0.05) is 27.3 Å². The molecule has 0 bridgehead atoms. The summed E-state index contributed by atoms with van der Waals surface area (Å²) in [6.07, 6.45) is 0.